The highest BCUT2D eigenvalue weighted by Crippen LogP contribution is 2.39. The topological polar surface area (TPSA) is 124 Å². The van der Waals surface area contributed by atoms with Gasteiger partial charge < -0.3 is 20.9 Å². The molecule has 2 atom stereocenters. The van der Waals surface area contributed by atoms with Gasteiger partial charge in [-0.15, -0.1) is 0 Å². The summed E-state index contributed by atoms with van der Waals surface area (Å²) in [4.78, 5) is 56.7. The van der Waals surface area contributed by atoms with Gasteiger partial charge in [0.05, 0.1) is 10.7 Å². The van der Waals surface area contributed by atoms with E-state index < -0.39 is 23.8 Å². The Balaban J connectivity index is 1.35. The molecular weight excluding hydrogens is 580 g/mol. The number of rotatable bonds is 9. The van der Waals surface area contributed by atoms with Gasteiger partial charge in [-0.05, 0) is 48.6 Å². The Kier molecular flexibility index (Phi) is 9.31. The third-order valence-electron chi connectivity index (χ3n) is 8.37. The van der Waals surface area contributed by atoms with Crippen LogP contribution in [0.5, 0.6) is 0 Å². The van der Waals surface area contributed by atoms with Gasteiger partial charge >= 0.3 is 6.03 Å². The molecule has 11 heteroatoms. The lowest BCUT2D eigenvalue weighted by molar-refractivity contribution is -0.140. The van der Waals surface area contributed by atoms with Crippen LogP contribution < -0.4 is 16.0 Å². The molecule has 0 aliphatic carbocycles. The van der Waals surface area contributed by atoms with Crippen LogP contribution in [0.15, 0.2) is 48.5 Å². The van der Waals surface area contributed by atoms with E-state index in [2.05, 4.69) is 28.9 Å². The van der Waals surface area contributed by atoms with Crippen LogP contribution in [-0.4, -0.2) is 71.8 Å². The van der Waals surface area contributed by atoms with Crippen molar-refractivity contribution in [3.8, 4) is 22.4 Å². The number of nitrogens with zero attached hydrogens (tertiary/aromatic N) is 3. The molecule has 1 aromatic heterocycles. The Morgan fingerprint density at radius 2 is 1.77 bits per heavy atom. The van der Waals surface area contributed by atoms with Crippen molar-refractivity contribution in [2.24, 2.45) is 5.92 Å². The SMILES string of the molecule is CCc1nc(-c2cccc(-c3cccc(NC(=O)C4CN(C)C(=O)N(C)C4=O)c3C)c2Cl)ccc1CNC[C@@H]1CCC(=O)N1. The molecule has 3 aromatic rings. The molecule has 5 rings (SSSR count). The summed E-state index contributed by atoms with van der Waals surface area (Å²) in [6.45, 7) is 5.35. The van der Waals surface area contributed by atoms with E-state index in [1.54, 1.807) is 13.1 Å². The Morgan fingerprint density at radius 1 is 1.05 bits per heavy atom. The zero-order valence-corrected chi connectivity index (χ0v) is 26.1. The van der Waals surface area contributed by atoms with Crippen molar-refractivity contribution < 1.29 is 19.2 Å². The van der Waals surface area contributed by atoms with Crippen LogP contribution in [0.3, 0.4) is 0 Å². The smallest absolute Gasteiger partial charge is 0.326 e. The van der Waals surface area contributed by atoms with Crippen molar-refractivity contribution in [3.63, 3.8) is 0 Å². The summed E-state index contributed by atoms with van der Waals surface area (Å²) in [5.41, 5.74) is 6.62. The molecule has 0 bridgehead atoms. The fraction of sp³-hybridized carbons (Fsp3) is 0.364. The van der Waals surface area contributed by atoms with E-state index in [9.17, 15) is 19.2 Å². The number of hydrogen-bond acceptors (Lipinski definition) is 6. The number of amides is 5. The molecule has 3 N–H and O–H groups in total. The van der Waals surface area contributed by atoms with Gasteiger partial charge in [0, 0.05) is 68.7 Å². The number of aryl methyl sites for hydroxylation is 1. The van der Waals surface area contributed by atoms with Crippen molar-refractivity contribution in [2.75, 3.05) is 32.5 Å². The second-order valence-electron chi connectivity index (χ2n) is 11.3. The zero-order valence-electron chi connectivity index (χ0n) is 25.4. The van der Waals surface area contributed by atoms with E-state index >= 15 is 0 Å². The van der Waals surface area contributed by atoms with Crippen LogP contribution in [0.1, 0.15) is 36.6 Å². The van der Waals surface area contributed by atoms with Gasteiger partial charge in [-0.3, -0.25) is 24.3 Å². The molecule has 0 radical (unpaired) electrons. The van der Waals surface area contributed by atoms with E-state index in [1.165, 1.54) is 11.9 Å². The van der Waals surface area contributed by atoms with Gasteiger partial charge in [0.2, 0.25) is 17.7 Å². The quantitative estimate of drug-likeness (QED) is 0.307. The van der Waals surface area contributed by atoms with Gasteiger partial charge in [0.25, 0.3) is 0 Å². The lowest BCUT2D eigenvalue weighted by Gasteiger charge is -2.33. The fourth-order valence-corrected chi connectivity index (χ4v) is 6.11. The van der Waals surface area contributed by atoms with Crippen LogP contribution >= 0.6 is 11.6 Å². The van der Waals surface area contributed by atoms with Gasteiger partial charge in [-0.1, -0.05) is 54.9 Å². The zero-order chi connectivity index (χ0) is 31.5. The van der Waals surface area contributed by atoms with E-state index in [0.29, 0.717) is 30.2 Å². The summed E-state index contributed by atoms with van der Waals surface area (Å²) in [5, 5.41) is 9.86. The molecule has 2 aromatic carbocycles. The van der Waals surface area contributed by atoms with Crippen LogP contribution in [0.25, 0.3) is 22.4 Å². The molecule has 2 aliphatic rings. The summed E-state index contributed by atoms with van der Waals surface area (Å²) in [6.07, 6.45) is 2.19. The molecule has 1 unspecified atom stereocenters. The molecular formula is C33H37ClN6O4. The maximum Gasteiger partial charge on any atom is 0.326 e. The first-order valence-corrected chi connectivity index (χ1v) is 15.2. The highest BCUT2D eigenvalue weighted by molar-refractivity contribution is 6.36. The molecule has 44 heavy (non-hydrogen) atoms. The van der Waals surface area contributed by atoms with E-state index in [1.807, 2.05) is 43.3 Å². The standard InChI is InChI=1S/C33H37ClN6O4/c1-5-26-20(16-35-17-21-13-15-29(41)36-21)12-14-28(37-26)24-10-6-9-23(30(24)34)22-8-7-11-27(19(22)2)38-31(42)25-18-39(3)33(44)40(4)32(25)43/h6-12,14,21,25,35H,5,13,15-18H2,1-4H3,(H,36,41)(H,38,42)/t21-,25?/m0/s1. The lowest BCUT2D eigenvalue weighted by atomic mass is 9.96. The minimum absolute atomic E-state index is 0.0147. The fourth-order valence-electron chi connectivity index (χ4n) is 5.79. The number of hydrogen-bond donors (Lipinski definition) is 3. The molecule has 0 spiro atoms. The summed E-state index contributed by atoms with van der Waals surface area (Å²) in [6, 6.07) is 15.1. The minimum atomic E-state index is -1.00. The van der Waals surface area contributed by atoms with Gasteiger partial charge in [-0.2, -0.15) is 0 Å². The molecule has 5 amide bonds. The minimum Gasteiger partial charge on any atom is -0.352 e. The number of imide groups is 1. The van der Waals surface area contributed by atoms with Crippen LogP contribution in [0.4, 0.5) is 10.5 Å². The van der Waals surface area contributed by atoms with Crippen molar-refractivity contribution in [3.05, 3.63) is 70.4 Å². The molecule has 10 nitrogen and oxygen atoms in total. The number of urea groups is 1. The third-order valence-corrected chi connectivity index (χ3v) is 8.77. The highest BCUT2D eigenvalue weighted by Gasteiger charge is 2.39. The van der Waals surface area contributed by atoms with Gasteiger partial charge in [-0.25, -0.2) is 4.79 Å². The number of benzene rings is 2. The van der Waals surface area contributed by atoms with E-state index in [0.717, 1.165) is 56.9 Å². The number of carbonyl (C=O) groups is 4. The van der Waals surface area contributed by atoms with Crippen LogP contribution in [-0.2, 0) is 27.3 Å². The normalized spacial score (nSPS) is 18.5. The first kappa shape index (κ1) is 31.2. The van der Waals surface area contributed by atoms with E-state index in [4.69, 9.17) is 16.6 Å². The first-order valence-electron chi connectivity index (χ1n) is 14.8. The number of nitrogens with one attached hydrogen (secondary N) is 3. The lowest BCUT2D eigenvalue weighted by Crippen LogP contribution is -2.56. The first-order chi connectivity index (χ1) is 21.1. The number of pyridine rings is 1. The van der Waals surface area contributed by atoms with E-state index in [-0.39, 0.29) is 18.5 Å². The molecule has 0 saturated carbocycles. The Morgan fingerprint density at radius 3 is 2.50 bits per heavy atom. The summed E-state index contributed by atoms with van der Waals surface area (Å²) in [7, 11) is 2.94. The van der Waals surface area contributed by atoms with Gasteiger partial charge in [0.15, 0.2) is 0 Å². The Labute approximate surface area is 262 Å². The summed E-state index contributed by atoms with van der Waals surface area (Å²) < 4.78 is 0. The maximum atomic E-state index is 13.2. The Bertz CT molecular complexity index is 1630. The average molecular weight is 617 g/mol. The van der Waals surface area contributed by atoms with Crippen molar-refractivity contribution in [1.82, 2.24) is 25.4 Å². The monoisotopic (exact) mass is 616 g/mol. The predicted octanol–water partition coefficient (Wildman–Crippen LogP) is 4.39. The molecule has 2 aliphatic heterocycles. The second kappa shape index (κ2) is 13.2. The summed E-state index contributed by atoms with van der Waals surface area (Å²) >= 11 is 7.04. The van der Waals surface area contributed by atoms with Crippen LogP contribution in [0.2, 0.25) is 5.02 Å². The predicted molar refractivity (Wildman–Crippen MR) is 170 cm³/mol. The van der Waals surface area contributed by atoms with Crippen molar-refractivity contribution in [1.29, 1.82) is 0 Å². The second-order valence-corrected chi connectivity index (χ2v) is 11.7. The van der Waals surface area contributed by atoms with Crippen LogP contribution in [0, 0.1) is 12.8 Å². The number of halogens is 1. The largest absolute Gasteiger partial charge is 0.352 e. The number of anilines is 1. The molecule has 230 valence electrons. The summed E-state index contributed by atoms with van der Waals surface area (Å²) in [5.74, 6) is -1.89. The highest BCUT2D eigenvalue weighted by atomic mass is 35.5. The van der Waals surface area contributed by atoms with Crippen molar-refractivity contribution in [2.45, 2.75) is 45.7 Å². The molecule has 2 fully saturated rings. The Hall–Kier alpha value is -4.28. The number of aromatic nitrogens is 1. The maximum absolute atomic E-state index is 13.2. The average Bonchev–Trinajstić information content (AvgIpc) is 3.44. The molecule has 3 heterocycles. The third kappa shape index (κ3) is 6.32. The van der Waals surface area contributed by atoms with Gasteiger partial charge in [0.1, 0.15) is 5.92 Å². The molecule has 2 saturated heterocycles. The van der Waals surface area contributed by atoms with Crippen molar-refractivity contribution >= 4 is 41.0 Å². The number of carbonyl (C=O) groups excluding carboxylic acids is 4.